The minimum Gasteiger partial charge on any atom is -0.389 e. The lowest BCUT2D eigenvalue weighted by Gasteiger charge is -2.43. The summed E-state index contributed by atoms with van der Waals surface area (Å²) in [4.78, 5) is 25.2. The van der Waals surface area contributed by atoms with Crippen LogP contribution in [0.15, 0.2) is 48.5 Å². The highest BCUT2D eigenvalue weighted by Gasteiger charge is 2.50. The molecule has 4 rings (SSSR count). The first-order chi connectivity index (χ1) is 17.1. The molecule has 1 saturated heterocycles. The number of halogens is 4. The van der Waals surface area contributed by atoms with Crippen molar-refractivity contribution in [2.45, 2.75) is 49.4 Å². The van der Waals surface area contributed by atoms with E-state index in [-0.39, 0.29) is 23.2 Å². The van der Waals surface area contributed by atoms with Crippen LogP contribution in [0, 0.1) is 11.7 Å². The Labute approximate surface area is 206 Å². The molecule has 0 bridgehead atoms. The Hall–Kier alpha value is -2.98. The van der Waals surface area contributed by atoms with E-state index < -0.39 is 41.7 Å². The van der Waals surface area contributed by atoms with E-state index in [1.54, 1.807) is 12.1 Å². The fourth-order valence-electron chi connectivity index (χ4n) is 5.47. The number of hydrogen-bond acceptors (Lipinski definition) is 4. The fraction of sp³-hybridized carbons (Fsp3) is 0.462. The van der Waals surface area contributed by atoms with Crippen LogP contribution in [0.25, 0.3) is 0 Å². The maximum absolute atomic E-state index is 13.6. The number of aliphatic hydroxyl groups excluding tert-OH is 1. The number of alkyl halides is 3. The summed E-state index contributed by atoms with van der Waals surface area (Å²) in [5.74, 6) is -1.45. The number of aliphatic hydroxyl groups is 1. The van der Waals surface area contributed by atoms with Crippen LogP contribution in [-0.2, 0) is 11.0 Å². The van der Waals surface area contributed by atoms with Crippen molar-refractivity contribution in [3.05, 3.63) is 71.0 Å². The quantitative estimate of drug-likeness (QED) is 0.452. The zero-order valence-corrected chi connectivity index (χ0v) is 19.6. The molecule has 36 heavy (non-hydrogen) atoms. The van der Waals surface area contributed by atoms with Gasteiger partial charge in [0.1, 0.15) is 5.82 Å². The summed E-state index contributed by atoms with van der Waals surface area (Å²) in [7, 11) is 0. The first-order valence-electron chi connectivity index (χ1n) is 12.0. The Bertz CT molecular complexity index is 1100. The Morgan fingerprint density at radius 1 is 1.06 bits per heavy atom. The minimum absolute atomic E-state index is 0.0320. The molecule has 10 heteroatoms. The molecule has 2 aromatic carbocycles. The largest absolute Gasteiger partial charge is 0.416 e. The van der Waals surface area contributed by atoms with Crippen LogP contribution in [0.1, 0.15) is 53.1 Å². The molecule has 0 aromatic heterocycles. The molecule has 2 aliphatic rings. The minimum atomic E-state index is -4.58. The summed E-state index contributed by atoms with van der Waals surface area (Å²) in [6.45, 7) is 0.222. The monoisotopic (exact) mass is 507 g/mol. The van der Waals surface area contributed by atoms with E-state index in [0.29, 0.717) is 13.1 Å². The van der Waals surface area contributed by atoms with Crippen molar-refractivity contribution in [2.24, 2.45) is 5.92 Å². The Morgan fingerprint density at radius 2 is 1.78 bits per heavy atom. The highest BCUT2D eigenvalue weighted by Crippen LogP contribution is 2.42. The van der Waals surface area contributed by atoms with Crippen LogP contribution in [0.2, 0.25) is 0 Å². The van der Waals surface area contributed by atoms with E-state index in [1.165, 1.54) is 12.1 Å². The molecule has 1 aliphatic heterocycles. The van der Waals surface area contributed by atoms with Crippen LogP contribution in [0.5, 0.6) is 0 Å². The first-order valence-corrected chi connectivity index (χ1v) is 12.0. The van der Waals surface area contributed by atoms with Crippen molar-refractivity contribution < 1.29 is 32.3 Å². The topological polar surface area (TPSA) is 90.5 Å². The van der Waals surface area contributed by atoms with Gasteiger partial charge >= 0.3 is 6.18 Å². The van der Waals surface area contributed by atoms with Crippen molar-refractivity contribution in [1.82, 2.24) is 16.0 Å². The zero-order chi connectivity index (χ0) is 25.9. The number of amides is 2. The molecular weight excluding hydrogens is 478 g/mol. The lowest BCUT2D eigenvalue weighted by atomic mass is 9.69. The summed E-state index contributed by atoms with van der Waals surface area (Å²) < 4.78 is 52.4. The van der Waals surface area contributed by atoms with Gasteiger partial charge in [0, 0.05) is 18.7 Å². The summed E-state index contributed by atoms with van der Waals surface area (Å²) >= 11 is 0. The molecule has 0 unspecified atom stereocenters. The van der Waals surface area contributed by atoms with Gasteiger partial charge in [-0.1, -0.05) is 18.2 Å². The van der Waals surface area contributed by atoms with E-state index in [1.807, 2.05) is 6.07 Å². The number of carbonyl (C=O) groups is 2. The molecule has 2 atom stereocenters. The first kappa shape index (κ1) is 26.1. The summed E-state index contributed by atoms with van der Waals surface area (Å²) in [5.41, 5.74) is -1.14. The predicted molar refractivity (Wildman–Crippen MR) is 125 cm³/mol. The normalized spacial score (nSPS) is 26.4. The van der Waals surface area contributed by atoms with Crippen molar-refractivity contribution in [3.8, 4) is 0 Å². The Balaban J connectivity index is 1.37. The molecular formula is C26H29F4N3O3. The molecule has 0 spiro atoms. The second-order valence-electron chi connectivity index (χ2n) is 9.60. The van der Waals surface area contributed by atoms with Crippen molar-refractivity contribution in [2.75, 3.05) is 19.6 Å². The van der Waals surface area contributed by atoms with Crippen molar-refractivity contribution in [3.63, 3.8) is 0 Å². The second-order valence-corrected chi connectivity index (χ2v) is 9.60. The molecule has 6 nitrogen and oxygen atoms in total. The van der Waals surface area contributed by atoms with Gasteiger partial charge < -0.3 is 21.1 Å². The van der Waals surface area contributed by atoms with E-state index in [0.717, 1.165) is 49.4 Å². The SMILES string of the molecule is O=C(CNC(=O)c1cccc(C(F)(F)F)c1)N[C@@]1(C2CCC(c3cccc(F)c3)CC2)CNC[C@@H]1O. The third-order valence-corrected chi connectivity index (χ3v) is 7.36. The third-order valence-electron chi connectivity index (χ3n) is 7.36. The number of benzene rings is 2. The number of nitrogens with one attached hydrogen (secondary N) is 3. The van der Waals surface area contributed by atoms with Crippen LogP contribution in [0.4, 0.5) is 17.6 Å². The van der Waals surface area contributed by atoms with Crippen molar-refractivity contribution >= 4 is 11.8 Å². The summed E-state index contributed by atoms with van der Waals surface area (Å²) in [6, 6.07) is 10.5. The average molecular weight is 508 g/mol. The van der Waals surface area contributed by atoms with Gasteiger partial charge in [-0.3, -0.25) is 9.59 Å². The highest BCUT2D eigenvalue weighted by atomic mass is 19.4. The van der Waals surface area contributed by atoms with Gasteiger partial charge in [0.25, 0.3) is 5.91 Å². The number of rotatable bonds is 6. The zero-order valence-electron chi connectivity index (χ0n) is 19.6. The third kappa shape index (κ3) is 5.70. The Morgan fingerprint density at radius 3 is 2.42 bits per heavy atom. The predicted octanol–water partition coefficient (Wildman–Crippen LogP) is 3.37. The molecule has 2 aromatic rings. The van der Waals surface area contributed by atoms with E-state index in [2.05, 4.69) is 16.0 Å². The van der Waals surface area contributed by atoms with E-state index in [9.17, 15) is 32.3 Å². The van der Waals surface area contributed by atoms with E-state index >= 15 is 0 Å². The molecule has 4 N–H and O–H groups in total. The molecule has 1 heterocycles. The van der Waals surface area contributed by atoms with Gasteiger partial charge in [-0.15, -0.1) is 0 Å². The lowest BCUT2D eigenvalue weighted by Crippen LogP contribution is -2.63. The molecule has 2 fully saturated rings. The smallest absolute Gasteiger partial charge is 0.389 e. The second kappa shape index (κ2) is 10.6. The Kier molecular flexibility index (Phi) is 7.65. The number of β-amino-alcohol motifs (C(OH)–C–C–N with tert-alkyl or cyclic N) is 1. The number of hydrogen-bond donors (Lipinski definition) is 4. The van der Waals surface area contributed by atoms with Gasteiger partial charge in [-0.2, -0.15) is 13.2 Å². The molecule has 0 radical (unpaired) electrons. The van der Waals surface area contributed by atoms with Gasteiger partial charge in [0.2, 0.25) is 5.91 Å². The van der Waals surface area contributed by atoms with Gasteiger partial charge in [0.15, 0.2) is 0 Å². The molecule has 1 aliphatic carbocycles. The van der Waals surface area contributed by atoms with Gasteiger partial charge in [-0.05, 0) is 73.4 Å². The molecule has 2 amide bonds. The fourth-order valence-corrected chi connectivity index (χ4v) is 5.47. The lowest BCUT2D eigenvalue weighted by molar-refractivity contribution is -0.137. The van der Waals surface area contributed by atoms with Crippen molar-refractivity contribution in [1.29, 1.82) is 0 Å². The van der Waals surface area contributed by atoms with E-state index in [4.69, 9.17) is 0 Å². The average Bonchev–Trinajstić information content (AvgIpc) is 3.22. The maximum atomic E-state index is 13.6. The van der Waals surface area contributed by atoms with Gasteiger partial charge in [-0.25, -0.2) is 4.39 Å². The van der Waals surface area contributed by atoms with Gasteiger partial charge in [0.05, 0.1) is 23.8 Å². The molecule has 194 valence electrons. The maximum Gasteiger partial charge on any atom is 0.416 e. The standard InChI is InChI=1S/C26H29F4N3O3/c27-21-6-2-3-17(12-21)16-7-9-19(10-8-16)25(15-31-13-22(25)34)33-23(35)14-32-24(36)18-4-1-5-20(11-18)26(28,29)30/h1-6,11-12,16,19,22,31,34H,7-10,13-15H2,(H,32,36)(H,33,35)/t16?,19?,22-,25+/m0/s1. The number of carbonyl (C=O) groups excluding carboxylic acids is 2. The molecule has 1 saturated carbocycles. The highest BCUT2D eigenvalue weighted by molar-refractivity contribution is 5.96. The van der Waals surface area contributed by atoms with Crippen LogP contribution in [0.3, 0.4) is 0 Å². The summed E-state index contributed by atoms with van der Waals surface area (Å²) in [6.07, 6.45) is -2.42. The van der Waals surface area contributed by atoms with Crippen LogP contribution < -0.4 is 16.0 Å². The van der Waals surface area contributed by atoms with Crippen LogP contribution in [-0.4, -0.2) is 48.2 Å². The van der Waals surface area contributed by atoms with Crippen LogP contribution >= 0.6 is 0 Å². The summed E-state index contributed by atoms with van der Waals surface area (Å²) in [5, 5.41) is 19.2.